The highest BCUT2D eigenvalue weighted by molar-refractivity contribution is 5.45. The highest BCUT2D eigenvalue weighted by Crippen LogP contribution is 2.22. The summed E-state index contributed by atoms with van der Waals surface area (Å²) in [6.45, 7) is 0. The number of aromatic nitrogens is 2. The zero-order valence-corrected chi connectivity index (χ0v) is 8.91. The number of phenolic OH excluding ortho intramolecular Hbond substituents is 1. The Kier molecular flexibility index (Phi) is 2.92. The van der Waals surface area contributed by atoms with Gasteiger partial charge in [-0.05, 0) is 12.1 Å². The zero-order chi connectivity index (χ0) is 13.1. The van der Waals surface area contributed by atoms with Crippen molar-refractivity contribution in [3.05, 3.63) is 45.1 Å². The average molecular weight is 248 g/mol. The molecular formula is C10H8N4O4. The number of azo groups is 1. The summed E-state index contributed by atoms with van der Waals surface area (Å²) in [5.41, 5.74) is -1.83. The van der Waals surface area contributed by atoms with E-state index in [-0.39, 0.29) is 5.75 Å². The van der Waals surface area contributed by atoms with E-state index in [9.17, 15) is 19.8 Å². The van der Waals surface area contributed by atoms with Crippen LogP contribution in [0.2, 0.25) is 0 Å². The van der Waals surface area contributed by atoms with Crippen molar-refractivity contribution in [3.8, 4) is 11.6 Å². The Balaban J connectivity index is 2.41. The molecule has 4 N–H and O–H groups in total. The Morgan fingerprint density at radius 3 is 2.50 bits per heavy atom. The third-order valence-corrected chi connectivity index (χ3v) is 1.99. The van der Waals surface area contributed by atoms with Crippen LogP contribution in [0, 0.1) is 0 Å². The molecule has 2 aromatic rings. The third kappa shape index (κ3) is 2.43. The van der Waals surface area contributed by atoms with Crippen molar-refractivity contribution in [3.63, 3.8) is 0 Å². The first-order valence-corrected chi connectivity index (χ1v) is 4.82. The molecule has 92 valence electrons. The van der Waals surface area contributed by atoms with Crippen LogP contribution < -0.4 is 11.2 Å². The summed E-state index contributed by atoms with van der Waals surface area (Å²) in [7, 11) is 0. The van der Waals surface area contributed by atoms with Crippen LogP contribution in [-0.2, 0) is 0 Å². The van der Waals surface area contributed by atoms with E-state index in [0.29, 0.717) is 5.69 Å². The number of nitrogens with one attached hydrogen (secondary N) is 2. The minimum absolute atomic E-state index is 0.00829. The number of hydrogen-bond acceptors (Lipinski definition) is 6. The molecule has 0 saturated carbocycles. The van der Waals surface area contributed by atoms with E-state index < -0.39 is 22.8 Å². The second kappa shape index (κ2) is 4.53. The van der Waals surface area contributed by atoms with E-state index in [1.165, 1.54) is 12.1 Å². The number of aromatic amines is 2. The normalized spacial score (nSPS) is 10.9. The second-order valence-corrected chi connectivity index (χ2v) is 3.33. The fraction of sp³-hybridized carbons (Fsp3) is 0. The topological polar surface area (TPSA) is 131 Å². The molecule has 0 aliphatic carbocycles. The maximum absolute atomic E-state index is 11.3. The van der Waals surface area contributed by atoms with Crippen molar-refractivity contribution < 1.29 is 10.2 Å². The van der Waals surface area contributed by atoms with Crippen molar-refractivity contribution in [2.45, 2.75) is 0 Å². The fourth-order valence-corrected chi connectivity index (χ4v) is 1.22. The summed E-state index contributed by atoms with van der Waals surface area (Å²) in [6.07, 6.45) is 0. The Labute approximate surface area is 99.3 Å². The molecule has 0 bridgehead atoms. The summed E-state index contributed by atoms with van der Waals surface area (Å²) in [5, 5.41) is 25.7. The van der Waals surface area contributed by atoms with Crippen LogP contribution >= 0.6 is 0 Å². The smallest absolute Gasteiger partial charge is 0.328 e. The van der Waals surface area contributed by atoms with E-state index in [0.717, 1.165) is 0 Å². The van der Waals surface area contributed by atoms with Gasteiger partial charge >= 0.3 is 5.69 Å². The molecule has 1 aromatic heterocycles. The Bertz CT molecular complexity index is 716. The van der Waals surface area contributed by atoms with E-state index in [1.54, 1.807) is 12.1 Å². The van der Waals surface area contributed by atoms with Crippen LogP contribution in [0.4, 0.5) is 11.4 Å². The maximum Gasteiger partial charge on any atom is 0.328 e. The highest BCUT2D eigenvalue weighted by Gasteiger charge is 2.06. The van der Waals surface area contributed by atoms with E-state index in [2.05, 4.69) is 10.2 Å². The molecule has 0 aliphatic rings. The molecule has 1 heterocycles. The Morgan fingerprint density at radius 1 is 1.06 bits per heavy atom. The zero-order valence-electron chi connectivity index (χ0n) is 8.91. The van der Waals surface area contributed by atoms with E-state index >= 15 is 0 Å². The van der Waals surface area contributed by atoms with Crippen LogP contribution in [0.15, 0.2) is 44.1 Å². The van der Waals surface area contributed by atoms with E-state index in [1.807, 2.05) is 9.97 Å². The molecule has 0 saturated heterocycles. The molecule has 18 heavy (non-hydrogen) atoms. The van der Waals surface area contributed by atoms with Crippen LogP contribution in [0.5, 0.6) is 11.6 Å². The number of aromatic hydroxyl groups is 2. The molecule has 0 unspecified atom stereocenters. The van der Waals surface area contributed by atoms with Gasteiger partial charge in [0.2, 0.25) is 11.6 Å². The monoisotopic (exact) mass is 248 g/mol. The SMILES string of the molecule is O=c1[nH]c(O)c(N=Nc2cccc(O)c2)c(=O)[nH]1. The summed E-state index contributed by atoms with van der Waals surface area (Å²) >= 11 is 0. The van der Waals surface area contributed by atoms with Crippen LogP contribution in [0.25, 0.3) is 0 Å². The van der Waals surface area contributed by atoms with Crippen molar-refractivity contribution in [1.29, 1.82) is 0 Å². The number of nitrogens with zero attached hydrogens (tertiary/aromatic N) is 2. The first-order chi connectivity index (χ1) is 8.56. The van der Waals surface area contributed by atoms with Gasteiger partial charge in [-0.25, -0.2) is 4.79 Å². The molecular weight excluding hydrogens is 240 g/mol. The lowest BCUT2D eigenvalue weighted by atomic mass is 10.3. The summed E-state index contributed by atoms with van der Waals surface area (Å²) in [4.78, 5) is 26.0. The van der Waals surface area contributed by atoms with Crippen LogP contribution in [0.1, 0.15) is 0 Å². The Morgan fingerprint density at radius 2 is 1.83 bits per heavy atom. The van der Waals surface area contributed by atoms with Crippen molar-refractivity contribution in [2.75, 3.05) is 0 Å². The number of H-pyrrole nitrogens is 2. The molecule has 0 radical (unpaired) electrons. The molecule has 0 aliphatic heterocycles. The molecule has 8 nitrogen and oxygen atoms in total. The standard InChI is InChI=1S/C10H8N4O4/c15-6-3-1-2-5(4-6)13-14-7-8(16)11-10(18)12-9(7)17/h1-4,15H,(H3,11,12,16,17,18). The van der Waals surface area contributed by atoms with Gasteiger partial charge in [0.15, 0.2) is 0 Å². The van der Waals surface area contributed by atoms with Gasteiger partial charge in [0.1, 0.15) is 5.75 Å². The average Bonchev–Trinajstić information content (AvgIpc) is 2.27. The van der Waals surface area contributed by atoms with Crippen LogP contribution in [0.3, 0.4) is 0 Å². The molecule has 1 aromatic carbocycles. The van der Waals surface area contributed by atoms with Gasteiger partial charge in [0.25, 0.3) is 5.56 Å². The predicted octanol–water partition coefficient (Wildman–Crippen LogP) is 0.890. The number of benzene rings is 1. The minimum Gasteiger partial charge on any atom is -0.508 e. The fourth-order valence-electron chi connectivity index (χ4n) is 1.22. The molecule has 2 rings (SSSR count). The van der Waals surface area contributed by atoms with Gasteiger partial charge in [0, 0.05) is 6.07 Å². The molecule has 0 atom stereocenters. The summed E-state index contributed by atoms with van der Waals surface area (Å²) in [6, 6.07) is 5.85. The molecule has 8 heteroatoms. The number of hydrogen-bond donors (Lipinski definition) is 4. The van der Waals surface area contributed by atoms with Gasteiger partial charge < -0.3 is 10.2 Å². The quantitative estimate of drug-likeness (QED) is 0.587. The Hall–Kier alpha value is -2.90. The van der Waals surface area contributed by atoms with Crippen molar-refractivity contribution in [2.24, 2.45) is 10.2 Å². The highest BCUT2D eigenvalue weighted by atomic mass is 16.3. The van der Waals surface area contributed by atoms with Gasteiger partial charge in [-0.15, -0.1) is 5.11 Å². The second-order valence-electron chi connectivity index (χ2n) is 3.33. The van der Waals surface area contributed by atoms with E-state index in [4.69, 9.17) is 0 Å². The third-order valence-electron chi connectivity index (χ3n) is 1.99. The summed E-state index contributed by atoms with van der Waals surface area (Å²) in [5.74, 6) is -0.682. The lowest BCUT2D eigenvalue weighted by Gasteiger charge is -1.96. The number of rotatable bonds is 2. The lowest BCUT2D eigenvalue weighted by Crippen LogP contribution is -2.20. The van der Waals surface area contributed by atoms with Crippen molar-refractivity contribution >= 4 is 11.4 Å². The largest absolute Gasteiger partial charge is 0.508 e. The van der Waals surface area contributed by atoms with Gasteiger partial charge in [-0.2, -0.15) is 5.11 Å². The first kappa shape index (κ1) is 11.6. The molecule has 0 fully saturated rings. The minimum atomic E-state index is -0.861. The van der Waals surface area contributed by atoms with Gasteiger partial charge in [-0.1, -0.05) is 6.07 Å². The van der Waals surface area contributed by atoms with Crippen LogP contribution in [-0.4, -0.2) is 20.2 Å². The lowest BCUT2D eigenvalue weighted by molar-refractivity contribution is 0.450. The number of phenols is 1. The molecule has 0 amide bonds. The molecule has 0 spiro atoms. The predicted molar refractivity (Wildman–Crippen MR) is 61.6 cm³/mol. The van der Waals surface area contributed by atoms with Gasteiger partial charge in [0.05, 0.1) is 5.69 Å². The van der Waals surface area contributed by atoms with Crippen molar-refractivity contribution in [1.82, 2.24) is 9.97 Å². The maximum atomic E-state index is 11.3. The summed E-state index contributed by atoms with van der Waals surface area (Å²) < 4.78 is 0. The first-order valence-electron chi connectivity index (χ1n) is 4.82. The van der Waals surface area contributed by atoms with Gasteiger partial charge in [-0.3, -0.25) is 14.8 Å².